The van der Waals surface area contributed by atoms with Crippen molar-refractivity contribution in [3.63, 3.8) is 0 Å². The van der Waals surface area contributed by atoms with Crippen molar-refractivity contribution >= 4 is 5.78 Å². The number of carbonyl (C=O) groups is 1. The minimum Gasteiger partial charge on any atom is -0.319 e. The summed E-state index contributed by atoms with van der Waals surface area (Å²) in [5, 5.41) is 3.19. The Balaban J connectivity index is 1.91. The van der Waals surface area contributed by atoms with E-state index in [1.54, 1.807) is 12.1 Å². The second kappa shape index (κ2) is 6.78. The molecule has 0 saturated carbocycles. The predicted octanol–water partition coefficient (Wildman–Crippen LogP) is 1.94. The van der Waals surface area contributed by atoms with Gasteiger partial charge in [0.1, 0.15) is 5.82 Å². The van der Waals surface area contributed by atoms with Gasteiger partial charge in [0.05, 0.1) is 6.54 Å². The summed E-state index contributed by atoms with van der Waals surface area (Å²) in [6.45, 7) is 3.29. The molecule has 0 amide bonds. The Morgan fingerprint density at radius 2 is 2.37 bits per heavy atom. The van der Waals surface area contributed by atoms with Gasteiger partial charge in [-0.2, -0.15) is 0 Å². The first-order valence-electron chi connectivity index (χ1n) is 6.85. The van der Waals surface area contributed by atoms with Crippen LogP contribution in [0.2, 0.25) is 0 Å². The smallest absolute Gasteiger partial charge is 0.176 e. The van der Waals surface area contributed by atoms with Crippen LogP contribution in [0, 0.1) is 11.7 Å². The molecule has 1 unspecified atom stereocenters. The Kier molecular flexibility index (Phi) is 5.05. The molecule has 3 nitrogen and oxygen atoms in total. The molecule has 0 aromatic heterocycles. The van der Waals surface area contributed by atoms with Gasteiger partial charge in [-0.15, -0.1) is 0 Å². The summed E-state index contributed by atoms with van der Waals surface area (Å²) in [6, 6.07) is 5.95. The van der Waals surface area contributed by atoms with Crippen molar-refractivity contribution in [3.05, 3.63) is 35.6 Å². The van der Waals surface area contributed by atoms with Gasteiger partial charge < -0.3 is 5.32 Å². The van der Waals surface area contributed by atoms with Gasteiger partial charge in [0, 0.05) is 12.1 Å². The maximum atomic E-state index is 13.1. The quantitative estimate of drug-likeness (QED) is 0.825. The number of likely N-dealkylation sites (tertiary alicyclic amines) is 1. The monoisotopic (exact) mass is 264 g/mol. The molecule has 1 N–H and O–H groups in total. The van der Waals surface area contributed by atoms with Gasteiger partial charge in [-0.1, -0.05) is 12.1 Å². The van der Waals surface area contributed by atoms with E-state index in [0.717, 1.165) is 26.1 Å². The Morgan fingerprint density at radius 3 is 3.11 bits per heavy atom. The van der Waals surface area contributed by atoms with Crippen molar-refractivity contribution in [2.45, 2.75) is 12.8 Å². The fraction of sp³-hybridized carbons (Fsp3) is 0.533. The number of hydrogen-bond acceptors (Lipinski definition) is 3. The number of piperidine rings is 1. The highest BCUT2D eigenvalue weighted by molar-refractivity contribution is 5.97. The first-order chi connectivity index (χ1) is 9.19. The number of halogens is 1. The van der Waals surface area contributed by atoms with E-state index in [0.29, 0.717) is 18.0 Å². The highest BCUT2D eigenvalue weighted by Crippen LogP contribution is 2.16. The lowest BCUT2D eigenvalue weighted by Gasteiger charge is -2.32. The van der Waals surface area contributed by atoms with Crippen LogP contribution in [0.15, 0.2) is 24.3 Å². The summed E-state index contributed by atoms with van der Waals surface area (Å²) in [6.07, 6.45) is 2.34. The summed E-state index contributed by atoms with van der Waals surface area (Å²) < 4.78 is 13.1. The molecule has 0 radical (unpaired) electrons. The highest BCUT2D eigenvalue weighted by atomic mass is 19.1. The van der Waals surface area contributed by atoms with Gasteiger partial charge in [0.2, 0.25) is 0 Å². The zero-order valence-corrected chi connectivity index (χ0v) is 11.4. The summed E-state index contributed by atoms with van der Waals surface area (Å²) in [5.41, 5.74) is 0.468. The molecule has 4 heteroatoms. The van der Waals surface area contributed by atoms with E-state index in [1.165, 1.54) is 18.6 Å². The second-order valence-electron chi connectivity index (χ2n) is 5.23. The van der Waals surface area contributed by atoms with E-state index >= 15 is 0 Å². The molecule has 0 aliphatic carbocycles. The topological polar surface area (TPSA) is 32.3 Å². The molecule has 1 aliphatic heterocycles. The highest BCUT2D eigenvalue weighted by Gasteiger charge is 2.21. The lowest BCUT2D eigenvalue weighted by Crippen LogP contribution is -2.41. The number of ketones is 1. The summed E-state index contributed by atoms with van der Waals surface area (Å²) in [4.78, 5) is 14.3. The van der Waals surface area contributed by atoms with Crippen LogP contribution in [-0.2, 0) is 0 Å². The van der Waals surface area contributed by atoms with Crippen LogP contribution in [0.25, 0.3) is 0 Å². The maximum Gasteiger partial charge on any atom is 0.176 e. The average Bonchev–Trinajstić information content (AvgIpc) is 2.39. The standard InChI is InChI=1S/C15H21FN2O/c1-17-9-12-4-3-7-18(10-12)11-15(19)13-5-2-6-14(16)8-13/h2,5-6,8,12,17H,3-4,7,9-11H2,1H3. The molecule has 1 heterocycles. The van der Waals surface area contributed by atoms with Crippen molar-refractivity contribution in [1.29, 1.82) is 0 Å². The molecule has 1 aromatic carbocycles. The van der Waals surface area contributed by atoms with Crippen LogP contribution in [0.1, 0.15) is 23.2 Å². The lowest BCUT2D eigenvalue weighted by molar-refractivity contribution is 0.0886. The molecule has 0 spiro atoms. The average molecular weight is 264 g/mol. The van der Waals surface area contributed by atoms with Gasteiger partial charge in [-0.25, -0.2) is 4.39 Å². The third-order valence-corrected chi connectivity index (χ3v) is 3.61. The molecule has 1 aliphatic rings. The van der Waals surface area contributed by atoms with E-state index in [2.05, 4.69) is 10.2 Å². The number of nitrogens with one attached hydrogen (secondary N) is 1. The van der Waals surface area contributed by atoms with Crippen LogP contribution in [0.4, 0.5) is 4.39 Å². The zero-order valence-electron chi connectivity index (χ0n) is 11.4. The molecule has 104 valence electrons. The first-order valence-corrected chi connectivity index (χ1v) is 6.85. The van der Waals surface area contributed by atoms with Crippen molar-refractivity contribution in [2.24, 2.45) is 5.92 Å². The predicted molar refractivity (Wildman–Crippen MR) is 73.8 cm³/mol. The molecule has 1 saturated heterocycles. The Bertz CT molecular complexity index is 434. The normalized spacial score (nSPS) is 20.4. The van der Waals surface area contributed by atoms with Gasteiger partial charge in [-0.3, -0.25) is 9.69 Å². The minimum atomic E-state index is -0.349. The van der Waals surface area contributed by atoms with E-state index in [-0.39, 0.29) is 11.6 Å². The number of Topliss-reactive ketones (excluding diaryl/α,β-unsaturated/α-hetero) is 1. The molecule has 1 fully saturated rings. The lowest BCUT2D eigenvalue weighted by atomic mass is 9.97. The van der Waals surface area contributed by atoms with Gasteiger partial charge in [0.25, 0.3) is 0 Å². The van der Waals surface area contributed by atoms with Crippen LogP contribution in [-0.4, -0.2) is 43.9 Å². The minimum absolute atomic E-state index is 0.00427. The Hall–Kier alpha value is -1.26. The molecular formula is C15H21FN2O. The number of rotatable bonds is 5. The third kappa shape index (κ3) is 4.11. The van der Waals surface area contributed by atoms with Crippen LogP contribution in [0.5, 0.6) is 0 Å². The number of hydrogen-bond donors (Lipinski definition) is 1. The third-order valence-electron chi connectivity index (χ3n) is 3.61. The maximum absolute atomic E-state index is 13.1. The van der Waals surface area contributed by atoms with Crippen molar-refractivity contribution in [2.75, 3.05) is 33.2 Å². The summed E-state index contributed by atoms with van der Waals surface area (Å²) in [5.74, 6) is 0.265. The zero-order chi connectivity index (χ0) is 13.7. The van der Waals surface area contributed by atoms with Crippen molar-refractivity contribution in [3.8, 4) is 0 Å². The number of carbonyl (C=O) groups excluding carboxylic acids is 1. The Morgan fingerprint density at radius 1 is 1.53 bits per heavy atom. The molecule has 19 heavy (non-hydrogen) atoms. The van der Waals surface area contributed by atoms with Crippen LogP contribution >= 0.6 is 0 Å². The van der Waals surface area contributed by atoms with Crippen LogP contribution < -0.4 is 5.32 Å². The number of benzene rings is 1. The largest absolute Gasteiger partial charge is 0.319 e. The first kappa shape index (κ1) is 14.2. The number of nitrogens with zero attached hydrogens (tertiary/aromatic N) is 1. The van der Waals surface area contributed by atoms with Gasteiger partial charge >= 0.3 is 0 Å². The molecular weight excluding hydrogens is 243 g/mol. The second-order valence-corrected chi connectivity index (χ2v) is 5.23. The van der Waals surface area contributed by atoms with E-state index < -0.39 is 0 Å². The van der Waals surface area contributed by atoms with Crippen molar-refractivity contribution in [1.82, 2.24) is 10.2 Å². The van der Waals surface area contributed by atoms with Gasteiger partial charge in [-0.05, 0) is 51.0 Å². The summed E-state index contributed by atoms with van der Waals surface area (Å²) in [7, 11) is 1.96. The van der Waals surface area contributed by atoms with Gasteiger partial charge in [0.15, 0.2) is 5.78 Å². The SMILES string of the molecule is CNCC1CCCN(CC(=O)c2cccc(F)c2)C1. The fourth-order valence-corrected chi connectivity index (χ4v) is 2.71. The van der Waals surface area contributed by atoms with Crippen LogP contribution in [0.3, 0.4) is 0 Å². The summed E-state index contributed by atoms with van der Waals surface area (Å²) >= 11 is 0. The molecule has 2 rings (SSSR count). The molecule has 1 atom stereocenters. The van der Waals surface area contributed by atoms with Crippen molar-refractivity contribution < 1.29 is 9.18 Å². The Labute approximate surface area is 113 Å². The molecule has 1 aromatic rings. The molecule has 0 bridgehead atoms. The van der Waals surface area contributed by atoms with E-state index in [9.17, 15) is 9.18 Å². The fourth-order valence-electron chi connectivity index (χ4n) is 2.71. The van der Waals surface area contributed by atoms with E-state index in [1.807, 2.05) is 7.05 Å². The van der Waals surface area contributed by atoms with E-state index in [4.69, 9.17) is 0 Å².